The van der Waals surface area contributed by atoms with Crippen LogP contribution in [0.15, 0.2) is 42.9 Å². The molecule has 0 unspecified atom stereocenters. The first-order chi connectivity index (χ1) is 12.6. The predicted molar refractivity (Wildman–Crippen MR) is 94.7 cm³/mol. The van der Waals surface area contributed by atoms with Gasteiger partial charge in [0.15, 0.2) is 0 Å². The number of nitrogens with one attached hydrogen (secondary N) is 1. The van der Waals surface area contributed by atoms with Gasteiger partial charge >= 0.3 is 0 Å². The zero-order valence-electron chi connectivity index (χ0n) is 14.3. The Labute approximate surface area is 150 Å². The van der Waals surface area contributed by atoms with Crippen molar-refractivity contribution < 1.29 is 9.18 Å². The fourth-order valence-electron chi connectivity index (χ4n) is 2.97. The van der Waals surface area contributed by atoms with Crippen LogP contribution in [0.3, 0.4) is 0 Å². The molecule has 0 radical (unpaired) electrons. The molecule has 1 N–H and O–H groups in total. The fraction of sp³-hybridized carbons (Fsp3) is 0.263. The monoisotopic (exact) mass is 351 g/mol. The summed E-state index contributed by atoms with van der Waals surface area (Å²) in [6.45, 7) is 1.88. The molecule has 0 spiro atoms. The molecule has 1 aromatic carbocycles. The Kier molecular flexibility index (Phi) is 4.20. The van der Waals surface area contributed by atoms with Crippen LogP contribution in [0, 0.1) is 18.7 Å². The van der Waals surface area contributed by atoms with E-state index < -0.39 is 11.7 Å². The number of carbonyl (C=O) groups is 1. The molecule has 132 valence electrons. The maximum Gasteiger partial charge on any atom is 0.269 e. The van der Waals surface area contributed by atoms with Gasteiger partial charge in [0.25, 0.3) is 5.91 Å². The number of aryl methyl sites for hydroxylation is 1. The molecule has 7 heteroatoms. The molecule has 1 amide bonds. The van der Waals surface area contributed by atoms with Gasteiger partial charge < -0.3 is 4.98 Å². The van der Waals surface area contributed by atoms with Crippen LogP contribution in [0.1, 0.15) is 34.3 Å². The van der Waals surface area contributed by atoms with Gasteiger partial charge in [0, 0.05) is 6.20 Å². The fourth-order valence-corrected chi connectivity index (χ4v) is 2.97. The van der Waals surface area contributed by atoms with Crippen molar-refractivity contribution in [1.29, 1.82) is 0 Å². The van der Waals surface area contributed by atoms with Gasteiger partial charge in [-0.3, -0.25) is 4.79 Å². The highest BCUT2D eigenvalue weighted by atomic mass is 19.1. The summed E-state index contributed by atoms with van der Waals surface area (Å²) < 4.78 is 15.2. The number of hydrogen-bond acceptors (Lipinski definition) is 4. The molecule has 0 bridgehead atoms. The first-order valence-corrected chi connectivity index (χ1v) is 8.54. The number of hydrogen-bond donors (Lipinski definition) is 1. The van der Waals surface area contributed by atoms with Crippen molar-refractivity contribution in [3.8, 4) is 0 Å². The molecule has 1 fully saturated rings. The van der Waals surface area contributed by atoms with E-state index in [4.69, 9.17) is 0 Å². The van der Waals surface area contributed by atoms with Gasteiger partial charge in [0.2, 0.25) is 5.95 Å². The number of amides is 1. The average Bonchev–Trinajstić information content (AvgIpc) is 3.32. The van der Waals surface area contributed by atoms with E-state index in [1.807, 2.05) is 6.92 Å². The molecule has 6 nitrogen and oxygen atoms in total. The first-order valence-electron chi connectivity index (χ1n) is 8.54. The summed E-state index contributed by atoms with van der Waals surface area (Å²) in [6.07, 6.45) is 5.84. The summed E-state index contributed by atoms with van der Waals surface area (Å²) in [4.78, 5) is 21.4. The Morgan fingerprint density at radius 1 is 1.31 bits per heavy atom. The van der Waals surface area contributed by atoms with E-state index in [0.717, 1.165) is 18.4 Å². The molecular weight excluding hydrogens is 333 g/mol. The molecule has 2 aromatic heterocycles. The summed E-state index contributed by atoms with van der Waals surface area (Å²) >= 11 is 0. The number of rotatable bonds is 5. The van der Waals surface area contributed by atoms with E-state index in [2.05, 4.69) is 20.2 Å². The van der Waals surface area contributed by atoms with Crippen LogP contribution >= 0.6 is 0 Å². The van der Waals surface area contributed by atoms with Crippen molar-refractivity contribution in [2.75, 3.05) is 4.90 Å². The second-order valence-electron chi connectivity index (χ2n) is 6.51. The second-order valence-corrected chi connectivity index (χ2v) is 6.51. The number of H-pyrrole nitrogens is 1. The highest BCUT2D eigenvalue weighted by molar-refractivity contribution is 6.09. The van der Waals surface area contributed by atoms with Crippen molar-refractivity contribution in [2.24, 2.45) is 5.92 Å². The van der Waals surface area contributed by atoms with Gasteiger partial charge in [-0.2, -0.15) is 0 Å². The third kappa shape index (κ3) is 3.08. The third-order valence-corrected chi connectivity index (χ3v) is 4.59. The summed E-state index contributed by atoms with van der Waals surface area (Å²) in [5, 5.41) is 7.63. The Morgan fingerprint density at radius 2 is 2.15 bits per heavy atom. The molecule has 0 aliphatic heterocycles. The highest BCUT2D eigenvalue weighted by Gasteiger charge is 2.29. The lowest BCUT2D eigenvalue weighted by Crippen LogP contribution is -2.29. The van der Waals surface area contributed by atoms with Gasteiger partial charge in [-0.05, 0) is 61.4 Å². The van der Waals surface area contributed by atoms with Gasteiger partial charge in [0.1, 0.15) is 18.0 Å². The summed E-state index contributed by atoms with van der Waals surface area (Å²) in [5.74, 6) is 0.0717. The number of benzene rings is 1. The molecule has 0 saturated heterocycles. The number of halogens is 1. The van der Waals surface area contributed by atoms with Gasteiger partial charge in [-0.25, -0.2) is 14.3 Å². The molecule has 1 saturated carbocycles. The number of carbonyl (C=O) groups excluding carboxylic acids is 1. The molecule has 1 aliphatic rings. The lowest BCUT2D eigenvalue weighted by molar-refractivity contribution is 0.0993. The number of aromatic nitrogens is 4. The van der Waals surface area contributed by atoms with Gasteiger partial charge in [-0.1, -0.05) is 12.1 Å². The Morgan fingerprint density at radius 3 is 2.81 bits per heavy atom. The minimum absolute atomic E-state index is 0.00769. The third-order valence-electron chi connectivity index (χ3n) is 4.59. The van der Waals surface area contributed by atoms with Crippen molar-refractivity contribution in [3.63, 3.8) is 0 Å². The van der Waals surface area contributed by atoms with Crippen LogP contribution in [0.5, 0.6) is 0 Å². The summed E-state index contributed by atoms with van der Waals surface area (Å²) in [5.41, 5.74) is 1.50. The minimum Gasteiger partial charge on any atom is -0.313 e. The molecule has 3 aromatic rings. The van der Waals surface area contributed by atoms with Crippen molar-refractivity contribution in [1.82, 2.24) is 20.2 Å². The Balaban J connectivity index is 1.77. The lowest BCUT2D eigenvalue weighted by atomic mass is 9.98. The Hall–Kier alpha value is -3.09. The SMILES string of the molecule is Cc1ccc(C(=O)N(c2ccccn2)c2nnc[nH]2)c(F)c1CC1CC1. The Bertz CT molecular complexity index is 923. The van der Waals surface area contributed by atoms with E-state index in [1.54, 1.807) is 30.5 Å². The van der Waals surface area contributed by atoms with Crippen molar-refractivity contribution >= 4 is 17.7 Å². The van der Waals surface area contributed by atoms with E-state index >= 15 is 4.39 Å². The quantitative estimate of drug-likeness (QED) is 0.762. The highest BCUT2D eigenvalue weighted by Crippen LogP contribution is 2.35. The van der Waals surface area contributed by atoms with Crippen molar-refractivity contribution in [2.45, 2.75) is 26.2 Å². The summed E-state index contributed by atoms with van der Waals surface area (Å²) in [7, 11) is 0. The van der Waals surface area contributed by atoms with E-state index in [-0.39, 0.29) is 11.5 Å². The number of aromatic amines is 1. The normalized spacial score (nSPS) is 13.6. The standard InChI is InChI=1S/C19H18FN5O/c1-12-5-8-14(17(20)15(12)10-13-6-7-13)18(26)25(19-22-11-23-24-19)16-4-2-3-9-21-16/h2-5,8-9,11,13H,6-7,10H2,1H3,(H,22,23,24). The van der Waals surface area contributed by atoms with Crippen LogP contribution in [0.25, 0.3) is 0 Å². The number of nitrogens with zero attached hydrogens (tertiary/aromatic N) is 4. The van der Waals surface area contributed by atoms with Crippen LogP contribution in [0.4, 0.5) is 16.2 Å². The average molecular weight is 351 g/mol. The first kappa shape index (κ1) is 16.4. The van der Waals surface area contributed by atoms with Gasteiger partial charge in [-0.15, -0.1) is 10.2 Å². The molecule has 2 heterocycles. The predicted octanol–water partition coefficient (Wildman–Crippen LogP) is 3.58. The van der Waals surface area contributed by atoms with Crippen LogP contribution in [-0.4, -0.2) is 26.1 Å². The zero-order chi connectivity index (χ0) is 18.1. The van der Waals surface area contributed by atoms with E-state index in [9.17, 15) is 4.79 Å². The van der Waals surface area contributed by atoms with Crippen molar-refractivity contribution in [3.05, 3.63) is 65.4 Å². The van der Waals surface area contributed by atoms with E-state index in [1.165, 1.54) is 17.3 Å². The lowest BCUT2D eigenvalue weighted by Gasteiger charge is -2.20. The molecule has 1 aliphatic carbocycles. The van der Waals surface area contributed by atoms with Crippen LogP contribution in [-0.2, 0) is 6.42 Å². The topological polar surface area (TPSA) is 74.8 Å². The number of anilines is 2. The van der Waals surface area contributed by atoms with Crippen LogP contribution in [0.2, 0.25) is 0 Å². The molecule has 0 atom stereocenters. The van der Waals surface area contributed by atoms with Crippen LogP contribution < -0.4 is 4.90 Å². The maximum atomic E-state index is 15.2. The molecular formula is C19H18FN5O. The number of pyridine rings is 1. The smallest absolute Gasteiger partial charge is 0.269 e. The van der Waals surface area contributed by atoms with Gasteiger partial charge in [0.05, 0.1) is 5.56 Å². The van der Waals surface area contributed by atoms with E-state index in [0.29, 0.717) is 23.7 Å². The molecule has 4 rings (SSSR count). The molecule has 26 heavy (non-hydrogen) atoms. The summed E-state index contributed by atoms with van der Waals surface area (Å²) in [6, 6.07) is 8.48. The second kappa shape index (κ2) is 6.67. The maximum absolute atomic E-state index is 15.2. The largest absolute Gasteiger partial charge is 0.313 e. The minimum atomic E-state index is -0.532. The zero-order valence-corrected chi connectivity index (χ0v) is 14.3.